The van der Waals surface area contributed by atoms with Crippen molar-refractivity contribution in [2.75, 3.05) is 5.32 Å². The molecule has 0 radical (unpaired) electrons. The summed E-state index contributed by atoms with van der Waals surface area (Å²) in [4.78, 5) is 24.9. The second kappa shape index (κ2) is 7.27. The molecule has 122 valence electrons. The van der Waals surface area contributed by atoms with Crippen LogP contribution in [-0.4, -0.2) is 23.3 Å². The van der Waals surface area contributed by atoms with Crippen molar-refractivity contribution in [1.29, 1.82) is 0 Å². The van der Waals surface area contributed by atoms with Crippen LogP contribution in [0.15, 0.2) is 58.5 Å². The summed E-state index contributed by atoms with van der Waals surface area (Å²) in [5, 5.41) is 6.06. The molecule has 3 rings (SSSR count). The van der Waals surface area contributed by atoms with E-state index in [0.717, 1.165) is 10.6 Å². The van der Waals surface area contributed by atoms with Crippen LogP contribution in [0.1, 0.15) is 12.0 Å². The van der Waals surface area contributed by atoms with Crippen LogP contribution in [0.5, 0.6) is 0 Å². The van der Waals surface area contributed by atoms with E-state index in [4.69, 9.17) is 0 Å². The lowest BCUT2D eigenvalue weighted by molar-refractivity contribution is -0.124. The predicted octanol–water partition coefficient (Wildman–Crippen LogP) is 2.78. The molecule has 0 unspecified atom stereocenters. The molecule has 0 saturated heterocycles. The van der Waals surface area contributed by atoms with Gasteiger partial charge in [-0.1, -0.05) is 24.3 Å². The zero-order valence-electron chi connectivity index (χ0n) is 12.5. The van der Waals surface area contributed by atoms with Gasteiger partial charge in [0.05, 0.1) is 17.2 Å². The molecular weight excluding hydrogens is 329 g/mol. The number of carbonyl (C=O) groups excluding carboxylic acids is 2. The van der Waals surface area contributed by atoms with E-state index in [2.05, 4.69) is 15.8 Å². The Labute approximate surface area is 142 Å². The van der Waals surface area contributed by atoms with Crippen molar-refractivity contribution in [2.45, 2.75) is 16.6 Å². The van der Waals surface area contributed by atoms with Crippen molar-refractivity contribution in [2.24, 2.45) is 5.10 Å². The largest absolute Gasteiger partial charge is 0.324 e. The van der Waals surface area contributed by atoms with Crippen LogP contribution < -0.4 is 10.7 Å². The molecule has 2 N–H and O–H groups in total. The fourth-order valence-corrected chi connectivity index (χ4v) is 3.32. The van der Waals surface area contributed by atoms with Crippen molar-refractivity contribution in [3.8, 4) is 0 Å². The number of carbonyl (C=O) groups is 2. The summed E-state index contributed by atoms with van der Waals surface area (Å²) in [6.07, 6.45) is 1.36. The number of nitrogens with zero attached hydrogens (tertiary/aromatic N) is 1. The monoisotopic (exact) mass is 343 g/mol. The number of rotatable bonds is 4. The molecule has 2 aromatic carbocycles. The number of hydrazone groups is 1. The van der Waals surface area contributed by atoms with Gasteiger partial charge in [0.2, 0.25) is 11.8 Å². The van der Waals surface area contributed by atoms with Gasteiger partial charge in [0.25, 0.3) is 0 Å². The van der Waals surface area contributed by atoms with E-state index in [1.54, 1.807) is 12.1 Å². The molecule has 0 bridgehead atoms. The third kappa shape index (κ3) is 3.99. The van der Waals surface area contributed by atoms with Gasteiger partial charge in [-0.2, -0.15) is 5.10 Å². The number of hydrogen-bond acceptors (Lipinski definition) is 4. The maximum Gasteiger partial charge on any atom is 0.241 e. The Kier molecular flexibility index (Phi) is 4.90. The number of para-hydroxylation sites is 1. The predicted molar refractivity (Wildman–Crippen MR) is 91.5 cm³/mol. The average molecular weight is 343 g/mol. The van der Waals surface area contributed by atoms with Crippen LogP contribution in [0.4, 0.5) is 10.1 Å². The van der Waals surface area contributed by atoms with Crippen LogP contribution in [-0.2, 0) is 9.59 Å². The molecule has 1 aliphatic rings. The lowest BCUT2D eigenvalue weighted by Gasteiger charge is -2.23. The second-order valence-electron chi connectivity index (χ2n) is 5.14. The van der Waals surface area contributed by atoms with E-state index in [1.165, 1.54) is 30.1 Å². The number of thioether (sulfide) groups is 1. The third-order valence-corrected chi connectivity index (χ3v) is 4.60. The molecule has 0 fully saturated rings. The second-order valence-corrected chi connectivity index (χ2v) is 6.39. The number of fused-ring (bicyclic) bond motifs is 1. The van der Waals surface area contributed by atoms with E-state index < -0.39 is 5.25 Å². The van der Waals surface area contributed by atoms with Crippen LogP contribution >= 0.6 is 11.8 Å². The van der Waals surface area contributed by atoms with Gasteiger partial charge in [-0.05, 0) is 29.8 Å². The van der Waals surface area contributed by atoms with E-state index >= 15 is 0 Å². The smallest absolute Gasteiger partial charge is 0.241 e. The van der Waals surface area contributed by atoms with Gasteiger partial charge < -0.3 is 5.32 Å². The van der Waals surface area contributed by atoms with E-state index in [9.17, 15) is 14.0 Å². The minimum Gasteiger partial charge on any atom is -0.324 e. The summed E-state index contributed by atoms with van der Waals surface area (Å²) >= 11 is 1.35. The Balaban J connectivity index is 1.56. The summed E-state index contributed by atoms with van der Waals surface area (Å²) in [5.41, 5.74) is 3.65. The van der Waals surface area contributed by atoms with E-state index in [-0.39, 0.29) is 24.1 Å². The van der Waals surface area contributed by atoms with E-state index in [0.29, 0.717) is 5.56 Å². The van der Waals surface area contributed by atoms with Gasteiger partial charge in [-0.3, -0.25) is 9.59 Å². The van der Waals surface area contributed by atoms with Gasteiger partial charge in [0.1, 0.15) is 5.82 Å². The minimum atomic E-state index is -0.510. The number of halogens is 1. The number of benzene rings is 2. The first kappa shape index (κ1) is 16.2. The standard InChI is InChI=1S/C17H14FN3O2S/c18-12-5-3-4-11(8-12)10-19-21-16(22)9-15-17(23)20-13-6-1-2-7-14(13)24-15/h1-8,10,15H,9H2,(H,20,23)(H,21,22)/b19-10-/t15-/m0/s1. The van der Waals surface area contributed by atoms with Gasteiger partial charge in [-0.15, -0.1) is 11.8 Å². The Bertz CT molecular complexity index is 810. The zero-order chi connectivity index (χ0) is 16.9. The lowest BCUT2D eigenvalue weighted by atomic mass is 10.2. The van der Waals surface area contributed by atoms with Crippen molar-refractivity contribution in [1.82, 2.24) is 5.43 Å². The summed E-state index contributed by atoms with van der Waals surface area (Å²) in [6.45, 7) is 0. The molecule has 5 nitrogen and oxygen atoms in total. The maximum absolute atomic E-state index is 13.0. The molecule has 0 aromatic heterocycles. The highest BCUT2D eigenvalue weighted by atomic mass is 32.2. The average Bonchev–Trinajstić information content (AvgIpc) is 2.55. The molecule has 0 aliphatic carbocycles. The number of anilines is 1. The fraction of sp³-hybridized carbons (Fsp3) is 0.118. The van der Waals surface area contributed by atoms with Crippen LogP contribution in [0.2, 0.25) is 0 Å². The highest BCUT2D eigenvalue weighted by molar-refractivity contribution is 8.01. The van der Waals surface area contributed by atoms with Crippen LogP contribution in [0.3, 0.4) is 0 Å². The zero-order valence-corrected chi connectivity index (χ0v) is 13.3. The molecule has 24 heavy (non-hydrogen) atoms. The SMILES string of the molecule is O=C(C[C@@H]1Sc2ccccc2NC1=O)N/N=C\c1cccc(F)c1. The Morgan fingerprint density at radius 1 is 1.29 bits per heavy atom. The minimum absolute atomic E-state index is 0.00528. The number of hydrogen-bond donors (Lipinski definition) is 2. The first-order valence-electron chi connectivity index (χ1n) is 7.26. The molecule has 1 heterocycles. The van der Waals surface area contributed by atoms with Crippen molar-refractivity contribution < 1.29 is 14.0 Å². The highest BCUT2D eigenvalue weighted by Gasteiger charge is 2.28. The summed E-state index contributed by atoms with van der Waals surface area (Å²) in [6, 6.07) is 13.3. The molecule has 1 aliphatic heterocycles. The molecule has 2 aromatic rings. The van der Waals surface area contributed by atoms with Gasteiger partial charge in [0, 0.05) is 11.3 Å². The first-order chi connectivity index (χ1) is 11.6. The summed E-state index contributed by atoms with van der Waals surface area (Å²) in [5.74, 6) is -0.961. The lowest BCUT2D eigenvalue weighted by Crippen LogP contribution is -2.33. The van der Waals surface area contributed by atoms with Crippen molar-refractivity contribution >= 4 is 35.5 Å². The highest BCUT2D eigenvalue weighted by Crippen LogP contribution is 2.36. The Hall–Kier alpha value is -2.67. The van der Waals surface area contributed by atoms with Crippen molar-refractivity contribution in [3.63, 3.8) is 0 Å². The number of nitrogens with one attached hydrogen (secondary N) is 2. The Morgan fingerprint density at radius 2 is 2.12 bits per heavy atom. The fourth-order valence-electron chi connectivity index (χ4n) is 2.21. The number of amides is 2. The summed E-state index contributed by atoms with van der Waals surface area (Å²) < 4.78 is 13.0. The summed E-state index contributed by atoms with van der Waals surface area (Å²) in [7, 11) is 0. The van der Waals surface area contributed by atoms with Gasteiger partial charge >= 0.3 is 0 Å². The van der Waals surface area contributed by atoms with Crippen LogP contribution in [0, 0.1) is 5.82 Å². The van der Waals surface area contributed by atoms with Gasteiger partial charge in [0.15, 0.2) is 0 Å². The first-order valence-corrected chi connectivity index (χ1v) is 8.14. The molecule has 0 spiro atoms. The topological polar surface area (TPSA) is 70.6 Å². The molecule has 0 saturated carbocycles. The quantitative estimate of drug-likeness (QED) is 0.662. The molecule has 1 atom stereocenters. The van der Waals surface area contributed by atoms with Gasteiger partial charge in [-0.25, -0.2) is 9.82 Å². The van der Waals surface area contributed by atoms with Crippen molar-refractivity contribution in [3.05, 3.63) is 59.9 Å². The van der Waals surface area contributed by atoms with Crippen LogP contribution in [0.25, 0.3) is 0 Å². The maximum atomic E-state index is 13.0. The normalized spacial score (nSPS) is 16.5. The molecule has 2 amide bonds. The third-order valence-electron chi connectivity index (χ3n) is 3.33. The molecular formula is C17H14FN3O2S. The molecule has 7 heteroatoms. The van der Waals surface area contributed by atoms with E-state index in [1.807, 2.05) is 24.3 Å². The Morgan fingerprint density at radius 3 is 2.96 bits per heavy atom.